The highest BCUT2D eigenvalue weighted by molar-refractivity contribution is 5.99. The summed E-state index contributed by atoms with van der Waals surface area (Å²) < 4.78 is 57.1. The van der Waals surface area contributed by atoms with E-state index in [-0.39, 0.29) is 11.7 Å². The predicted molar refractivity (Wildman–Crippen MR) is 98.3 cm³/mol. The van der Waals surface area contributed by atoms with E-state index in [0.717, 1.165) is 12.3 Å². The zero-order chi connectivity index (χ0) is 20.8. The van der Waals surface area contributed by atoms with Gasteiger partial charge in [0.15, 0.2) is 5.76 Å². The van der Waals surface area contributed by atoms with Crippen molar-refractivity contribution in [3.63, 3.8) is 0 Å². The summed E-state index contributed by atoms with van der Waals surface area (Å²) in [6, 6.07) is 6.42. The molecule has 1 aromatic carbocycles. The van der Waals surface area contributed by atoms with Gasteiger partial charge >= 0.3 is 6.18 Å². The van der Waals surface area contributed by atoms with Crippen LogP contribution in [-0.2, 0) is 6.18 Å². The fraction of sp³-hybridized carbons (Fsp3) is 0.300. The minimum atomic E-state index is -4.43. The summed E-state index contributed by atoms with van der Waals surface area (Å²) in [7, 11) is 0. The third kappa shape index (κ3) is 3.64. The maximum Gasteiger partial charge on any atom is 0.417 e. The molecule has 0 atom stereocenters. The first kappa shape index (κ1) is 19.2. The number of piperazine rings is 1. The fourth-order valence-electron chi connectivity index (χ4n) is 3.42. The van der Waals surface area contributed by atoms with Crippen LogP contribution in [0.1, 0.15) is 21.7 Å². The van der Waals surface area contributed by atoms with E-state index in [9.17, 15) is 22.4 Å². The third-order valence-electron chi connectivity index (χ3n) is 5.06. The lowest BCUT2D eigenvalue weighted by Crippen LogP contribution is -2.49. The number of carbonyl (C=O) groups is 1. The molecule has 4 rings (SSSR count). The number of amides is 1. The summed E-state index contributed by atoms with van der Waals surface area (Å²) in [6.07, 6.45) is -3.62. The highest BCUT2D eigenvalue weighted by atomic mass is 19.4. The molecule has 3 heterocycles. The zero-order valence-electron chi connectivity index (χ0n) is 15.5. The third-order valence-corrected chi connectivity index (χ3v) is 5.06. The van der Waals surface area contributed by atoms with Crippen LogP contribution in [0.25, 0.3) is 11.0 Å². The number of nitrogens with zero attached hydrogens (tertiary/aromatic N) is 3. The molecule has 0 aliphatic carbocycles. The van der Waals surface area contributed by atoms with Gasteiger partial charge in [-0.05, 0) is 37.3 Å². The molecule has 0 saturated carbocycles. The van der Waals surface area contributed by atoms with Crippen molar-refractivity contribution < 1.29 is 26.8 Å². The number of aromatic nitrogens is 1. The van der Waals surface area contributed by atoms with Crippen LogP contribution in [0.2, 0.25) is 0 Å². The van der Waals surface area contributed by atoms with Crippen LogP contribution in [0, 0.1) is 12.7 Å². The topological polar surface area (TPSA) is 49.6 Å². The SMILES string of the molecule is Cc1c(C(=O)N2CCN(c3ccc(C(F)(F)F)cn3)CC2)oc2ccc(F)cc12. The lowest BCUT2D eigenvalue weighted by Gasteiger charge is -2.35. The number of anilines is 1. The molecule has 0 radical (unpaired) electrons. The molecular weight excluding hydrogens is 390 g/mol. The molecular formula is C20H17F4N3O2. The van der Waals surface area contributed by atoms with E-state index in [2.05, 4.69) is 4.98 Å². The van der Waals surface area contributed by atoms with Crippen molar-refractivity contribution in [2.24, 2.45) is 0 Å². The Labute approximate surface area is 163 Å². The number of furan rings is 1. The molecule has 2 aromatic heterocycles. The highest BCUT2D eigenvalue weighted by Gasteiger charge is 2.31. The molecule has 1 aliphatic rings. The van der Waals surface area contributed by atoms with E-state index in [1.54, 1.807) is 11.8 Å². The Bertz CT molecular complexity index is 1050. The molecule has 3 aromatic rings. The van der Waals surface area contributed by atoms with Gasteiger partial charge < -0.3 is 14.2 Å². The maximum absolute atomic E-state index is 13.5. The number of halogens is 4. The monoisotopic (exact) mass is 407 g/mol. The summed E-state index contributed by atoms with van der Waals surface area (Å²) in [4.78, 5) is 20.2. The molecule has 1 aliphatic heterocycles. The minimum Gasteiger partial charge on any atom is -0.451 e. The van der Waals surface area contributed by atoms with Crippen LogP contribution < -0.4 is 4.90 Å². The van der Waals surface area contributed by atoms with Crippen molar-refractivity contribution >= 4 is 22.7 Å². The van der Waals surface area contributed by atoms with E-state index in [0.29, 0.717) is 48.5 Å². The average Bonchev–Trinajstić information content (AvgIpc) is 3.03. The van der Waals surface area contributed by atoms with Gasteiger partial charge in [0.05, 0.1) is 5.56 Å². The number of alkyl halides is 3. The number of rotatable bonds is 2. The summed E-state index contributed by atoms with van der Waals surface area (Å²) in [5, 5.41) is 0.556. The molecule has 1 fully saturated rings. The molecule has 9 heteroatoms. The van der Waals surface area contributed by atoms with Gasteiger partial charge in [-0.15, -0.1) is 0 Å². The second-order valence-electron chi connectivity index (χ2n) is 6.88. The smallest absolute Gasteiger partial charge is 0.417 e. The van der Waals surface area contributed by atoms with E-state index in [4.69, 9.17) is 4.42 Å². The fourth-order valence-corrected chi connectivity index (χ4v) is 3.42. The Kier molecular flexibility index (Phi) is 4.68. The molecule has 0 N–H and O–H groups in total. The van der Waals surface area contributed by atoms with Gasteiger partial charge in [-0.2, -0.15) is 13.2 Å². The number of fused-ring (bicyclic) bond motifs is 1. The summed E-state index contributed by atoms with van der Waals surface area (Å²) in [6.45, 7) is 3.30. The Hall–Kier alpha value is -3.10. The number of carbonyl (C=O) groups excluding carboxylic acids is 1. The van der Waals surface area contributed by atoms with Crippen LogP contribution in [-0.4, -0.2) is 42.0 Å². The van der Waals surface area contributed by atoms with Gasteiger partial charge in [0.25, 0.3) is 5.91 Å². The molecule has 1 amide bonds. The second-order valence-corrected chi connectivity index (χ2v) is 6.88. The molecule has 29 heavy (non-hydrogen) atoms. The van der Waals surface area contributed by atoms with E-state index >= 15 is 0 Å². The van der Waals surface area contributed by atoms with Crippen LogP contribution in [0.5, 0.6) is 0 Å². The first-order chi connectivity index (χ1) is 13.7. The summed E-state index contributed by atoms with van der Waals surface area (Å²) in [5.74, 6) is -0.0932. The highest BCUT2D eigenvalue weighted by Crippen LogP contribution is 2.30. The number of pyridine rings is 1. The van der Waals surface area contributed by atoms with Crippen molar-refractivity contribution in [2.75, 3.05) is 31.1 Å². The normalized spacial score (nSPS) is 15.2. The molecule has 1 saturated heterocycles. The van der Waals surface area contributed by atoms with E-state index in [1.807, 2.05) is 4.90 Å². The van der Waals surface area contributed by atoms with Gasteiger partial charge in [-0.1, -0.05) is 0 Å². The lowest BCUT2D eigenvalue weighted by molar-refractivity contribution is -0.137. The van der Waals surface area contributed by atoms with Crippen molar-refractivity contribution in [3.05, 3.63) is 59.2 Å². The quantitative estimate of drug-likeness (QED) is 0.596. The standard InChI is InChI=1S/C20H17F4N3O2/c1-12-15-10-14(21)3-4-16(15)29-18(12)19(28)27-8-6-26(7-9-27)17-5-2-13(11-25-17)20(22,23)24/h2-5,10-11H,6-9H2,1H3. The Morgan fingerprint density at radius 3 is 2.45 bits per heavy atom. The number of benzene rings is 1. The van der Waals surface area contributed by atoms with Crippen LogP contribution in [0.4, 0.5) is 23.4 Å². The van der Waals surface area contributed by atoms with Crippen molar-refractivity contribution in [1.82, 2.24) is 9.88 Å². The summed E-state index contributed by atoms with van der Waals surface area (Å²) in [5.41, 5.74) is 0.225. The minimum absolute atomic E-state index is 0.173. The van der Waals surface area contributed by atoms with Crippen molar-refractivity contribution in [2.45, 2.75) is 13.1 Å². The van der Waals surface area contributed by atoms with Crippen LogP contribution in [0.3, 0.4) is 0 Å². The number of aryl methyl sites for hydroxylation is 1. The molecule has 0 spiro atoms. The molecule has 0 unspecified atom stereocenters. The van der Waals surface area contributed by atoms with Crippen LogP contribution in [0.15, 0.2) is 40.9 Å². The average molecular weight is 407 g/mol. The zero-order valence-corrected chi connectivity index (χ0v) is 15.5. The molecule has 0 bridgehead atoms. The van der Waals surface area contributed by atoms with E-state index in [1.165, 1.54) is 24.3 Å². The predicted octanol–water partition coefficient (Wildman–Crippen LogP) is 4.26. The largest absolute Gasteiger partial charge is 0.451 e. The molecule has 152 valence electrons. The Morgan fingerprint density at radius 1 is 1.10 bits per heavy atom. The van der Waals surface area contributed by atoms with Gasteiger partial charge in [-0.3, -0.25) is 4.79 Å². The Balaban J connectivity index is 1.46. The second kappa shape index (κ2) is 7.06. The van der Waals surface area contributed by atoms with Crippen molar-refractivity contribution in [3.8, 4) is 0 Å². The van der Waals surface area contributed by atoms with Gasteiger partial charge in [0.2, 0.25) is 0 Å². The number of hydrogen-bond acceptors (Lipinski definition) is 4. The van der Waals surface area contributed by atoms with Gasteiger partial charge in [0.1, 0.15) is 17.2 Å². The van der Waals surface area contributed by atoms with E-state index < -0.39 is 17.6 Å². The number of hydrogen-bond donors (Lipinski definition) is 0. The van der Waals surface area contributed by atoms with Crippen LogP contribution >= 0.6 is 0 Å². The Morgan fingerprint density at radius 2 is 1.83 bits per heavy atom. The van der Waals surface area contributed by atoms with Gasteiger partial charge in [-0.25, -0.2) is 9.37 Å². The maximum atomic E-state index is 13.5. The van der Waals surface area contributed by atoms with Gasteiger partial charge in [0, 0.05) is 43.3 Å². The molecule has 5 nitrogen and oxygen atoms in total. The first-order valence-electron chi connectivity index (χ1n) is 9.00. The lowest BCUT2D eigenvalue weighted by atomic mass is 10.1. The summed E-state index contributed by atoms with van der Waals surface area (Å²) >= 11 is 0. The first-order valence-corrected chi connectivity index (χ1v) is 9.00. The van der Waals surface area contributed by atoms with Crippen molar-refractivity contribution in [1.29, 1.82) is 0 Å².